The minimum atomic E-state index is -5.08. The van der Waals surface area contributed by atoms with E-state index in [9.17, 15) is 42.6 Å². The number of hydrogen-bond acceptors (Lipinski definition) is 7. The number of nitrogens with two attached hydrogens (primary N) is 1. The third-order valence-corrected chi connectivity index (χ3v) is 7.97. The summed E-state index contributed by atoms with van der Waals surface area (Å²) in [6.45, 7) is 3.80. The number of carboxylic acid groups (broad SMARTS) is 2. The van der Waals surface area contributed by atoms with Gasteiger partial charge in [-0.2, -0.15) is 13.2 Å². The van der Waals surface area contributed by atoms with Gasteiger partial charge in [0.05, 0.1) is 12.5 Å². The highest BCUT2D eigenvalue weighted by Crippen LogP contribution is 2.27. The number of halogens is 3. The van der Waals surface area contributed by atoms with Crippen molar-refractivity contribution in [1.29, 1.82) is 0 Å². The zero-order chi connectivity index (χ0) is 36.6. The SMILES string of the molecule is Cc1cc(O)cc(C)c1C[C@H](N)C(=O)N1Cc2ccccc2C[C@H]1C(=O)N[C@H](CC(=O)O)C(=O)N(C)c1ccccc1.O=C(O)C(F)(F)F. The number of likely N-dealkylation sites (N-methyl/N-ethyl adjacent to an activating group) is 1. The molecule has 6 N–H and O–H groups in total. The molecule has 3 aromatic carbocycles. The Morgan fingerprint density at radius 3 is 2.02 bits per heavy atom. The molecular weight excluding hydrogens is 649 g/mol. The zero-order valence-corrected chi connectivity index (χ0v) is 26.9. The first kappa shape index (κ1) is 38.0. The Bertz CT molecular complexity index is 1680. The van der Waals surface area contributed by atoms with E-state index in [2.05, 4.69) is 5.32 Å². The summed E-state index contributed by atoms with van der Waals surface area (Å²) >= 11 is 0. The number of phenols is 1. The maximum absolute atomic E-state index is 13.8. The molecule has 0 unspecified atom stereocenters. The van der Waals surface area contributed by atoms with E-state index >= 15 is 0 Å². The molecule has 3 aromatic rings. The summed E-state index contributed by atoms with van der Waals surface area (Å²) in [6.07, 6.45) is -5.33. The van der Waals surface area contributed by atoms with Crippen molar-refractivity contribution < 1.29 is 52.5 Å². The largest absolute Gasteiger partial charge is 0.508 e. The monoisotopic (exact) mass is 686 g/mol. The lowest BCUT2D eigenvalue weighted by Crippen LogP contribution is -2.59. The Kier molecular flexibility index (Phi) is 12.5. The van der Waals surface area contributed by atoms with Crippen molar-refractivity contribution in [3.05, 3.63) is 94.5 Å². The second kappa shape index (κ2) is 16.1. The number of aryl methyl sites for hydroxylation is 2. The molecule has 0 bridgehead atoms. The second-order valence-electron chi connectivity index (χ2n) is 11.5. The number of nitrogens with one attached hydrogen (secondary N) is 1. The van der Waals surface area contributed by atoms with Crippen molar-refractivity contribution >= 4 is 35.3 Å². The van der Waals surface area contributed by atoms with Gasteiger partial charge in [-0.15, -0.1) is 0 Å². The van der Waals surface area contributed by atoms with E-state index < -0.39 is 60.4 Å². The maximum Gasteiger partial charge on any atom is 0.490 e. The van der Waals surface area contributed by atoms with Gasteiger partial charge >= 0.3 is 18.1 Å². The molecule has 3 amide bonds. The number of benzene rings is 3. The molecule has 12 nitrogen and oxygen atoms in total. The number of phenolic OH excluding ortho intramolecular Hbond substituents is 1. The molecule has 4 rings (SSSR count). The van der Waals surface area contributed by atoms with Crippen molar-refractivity contribution in [3.63, 3.8) is 0 Å². The standard InChI is InChI=1S/C32H36N4O6.C2HF3O2/c1-19-13-24(37)14-20(2)25(19)16-26(33)31(41)36-18-22-10-8-7-9-21(22)15-28(36)30(40)34-27(17-29(38)39)32(42)35(3)23-11-5-4-6-12-23;3-2(4,5)1(6)7/h4-14,26-28,37H,15-18,33H2,1-3H3,(H,34,40)(H,38,39);(H,6,7)/t26-,27+,28-;/m0./s1. The fourth-order valence-corrected chi connectivity index (χ4v) is 5.46. The van der Waals surface area contributed by atoms with Crippen molar-refractivity contribution in [2.75, 3.05) is 11.9 Å². The van der Waals surface area contributed by atoms with Crippen molar-refractivity contribution in [3.8, 4) is 5.75 Å². The van der Waals surface area contributed by atoms with Gasteiger partial charge in [0.2, 0.25) is 17.7 Å². The van der Waals surface area contributed by atoms with Crippen LogP contribution in [0.3, 0.4) is 0 Å². The number of fused-ring (bicyclic) bond motifs is 1. The number of anilines is 1. The Morgan fingerprint density at radius 1 is 0.959 bits per heavy atom. The number of alkyl halides is 3. The van der Waals surface area contributed by atoms with Crippen LogP contribution in [0.4, 0.5) is 18.9 Å². The van der Waals surface area contributed by atoms with Crippen LogP contribution in [-0.4, -0.2) is 81.2 Å². The van der Waals surface area contributed by atoms with Gasteiger partial charge in [-0.05, 0) is 72.4 Å². The molecule has 0 aliphatic carbocycles. The molecule has 1 aliphatic rings. The summed E-state index contributed by atoms with van der Waals surface area (Å²) in [7, 11) is 1.51. The summed E-state index contributed by atoms with van der Waals surface area (Å²) in [5, 5.41) is 29.2. The van der Waals surface area contributed by atoms with E-state index in [0.29, 0.717) is 5.69 Å². The molecule has 3 atom stereocenters. The number of nitrogens with zero attached hydrogens (tertiary/aromatic N) is 2. The lowest BCUT2D eigenvalue weighted by atomic mass is 9.91. The minimum Gasteiger partial charge on any atom is -0.508 e. The van der Waals surface area contributed by atoms with Gasteiger partial charge in [0.1, 0.15) is 17.8 Å². The van der Waals surface area contributed by atoms with Gasteiger partial charge < -0.3 is 36.2 Å². The van der Waals surface area contributed by atoms with Gasteiger partial charge in [0.25, 0.3) is 0 Å². The molecule has 49 heavy (non-hydrogen) atoms. The Hall–Kier alpha value is -5.44. The molecule has 0 fully saturated rings. The summed E-state index contributed by atoms with van der Waals surface area (Å²) in [6, 6.07) is 16.0. The van der Waals surface area contributed by atoms with E-state index in [1.165, 1.54) is 16.8 Å². The van der Waals surface area contributed by atoms with E-state index in [0.717, 1.165) is 27.8 Å². The van der Waals surface area contributed by atoms with Crippen molar-refractivity contribution in [2.24, 2.45) is 5.73 Å². The molecule has 0 aromatic heterocycles. The van der Waals surface area contributed by atoms with Crippen LogP contribution in [0.5, 0.6) is 5.75 Å². The van der Waals surface area contributed by atoms with Gasteiger partial charge in [-0.3, -0.25) is 19.2 Å². The summed E-state index contributed by atoms with van der Waals surface area (Å²) in [5.74, 6) is -5.56. The smallest absolute Gasteiger partial charge is 0.490 e. The molecule has 1 aliphatic heterocycles. The number of para-hydroxylation sites is 1. The average molecular weight is 687 g/mol. The van der Waals surface area contributed by atoms with Gasteiger partial charge in [0.15, 0.2) is 0 Å². The molecule has 15 heteroatoms. The van der Waals surface area contributed by atoms with Crippen LogP contribution in [0, 0.1) is 13.8 Å². The van der Waals surface area contributed by atoms with Gasteiger partial charge in [0, 0.05) is 25.7 Å². The number of carbonyl (C=O) groups excluding carboxylic acids is 3. The fraction of sp³-hybridized carbons (Fsp3) is 0.324. The van der Waals surface area contributed by atoms with Crippen LogP contribution in [-0.2, 0) is 43.4 Å². The quantitative estimate of drug-likeness (QED) is 0.225. The summed E-state index contributed by atoms with van der Waals surface area (Å²) < 4.78 is 31.7. The highest BCUT2D eigenvalue weighted by molar-refractivity contribution is 6.01. The number of aliphatic carboxylic acids is 2. The average Bonchev–Trinajstić information content (AvgIpc) is 3.04. The number of amides is 3. The van der Waals surface area contributed by atoms with E-state index in [4.69, 9.17) is 15.6 Å². The van der Waals surface area contributed by atoms with Crippen molar-refractivity contribution in [1.82, 2.24) is 10.2 Å². The molecule has 262 valence electrons. The summed E-state index contributed by atoms with van der Waals surface area (Å²) in [4.78, 5) is 64.2. The molecular formula is C34H37F3N4O8. The van der Waals surface area contributed by atoms with E-state index in [1.54, 1.807) is 42.5 Å². The van der Waals surface area contributed by atoms with Crippen LogP contribution < -0.4 is 16.0 Å². The number of carbonyl (C=O) groups is 5. The number of carboxylic acids is 2. The molecule has 0 saturated carbocycles. The first-order chi connectivity index (χ1) is 22.9. The predicted octanol–water partition coefficient (Wildman–Crippen LogP) is 3.09. The van der Waals surface area contributed by atoms with E-state index in [1.807, 2.05) is 38.1 Å². The van der Waals surface area contributed by atoms with Crippen LogP contribution in [0.2, 0.25) is 0 Å². The highest BCUT2D eigenvalue weighted by Gasteiger charge is 2.39. The number of aromatic hydroxyl groups is 1. The molecule has 0 radical (unpaired) electrons. The Balaban J connectivity index is 0.000000838. The van der Waals surface area contributed by atoms with Gasteiger partial charge in [-0.1, -0.05) is 42.5 Å². The third kappa shape index (κ3) is 10.0. The second-order valence-corrected chi connectivity index (χ2v) is 11.5. The molecule has 0 saturated heterocycles. The van der Waals surface area contributed by atoms with E-state index in [-0.39, 0.29) is 25.1 Å². The number of hydrogen-bond donors (Lipinski definition) is 5. The van der Waals surface area contributed by atoms with Crippen LogP contribution in [0.15, 0.2) is 66.7 Å². The van der Waals surface area contributed by atoms with Crippen LogP contribution >= 0.6 is 0 Å². The fourth-order valence-electron chi connectivity index (χ4n) is 5.46. The first-order valence-corrected chi connectivity index (χ1v) is 15.0. The first-order valence-electron chi connectivity index (χ1n) is 15.0. The maximum atomic E-state index is 13.8. The topological polar surface area (TPSA) is 191 Å². The lowest BCUT2D eigenvalue weighted by Gasteiger charge is -2.38. The Morgan fingerprint density at radius 2 is 1.49 bits per heavy atom. The minimum absolute atomic E-state index is 0.126. The third-order valence-electron chi connectivity index (χ3n) is 7.97. The van der Waals surface area contributed by atoms with Crippen molar-refractivity contribution in [2.45, 2.75) is 64.0 Å². The predicted molar refractivity (Wildman–Crippen MR) is 171 cm³/mol. The van der Waals surface area contributed by atoms with Crippen LogP contribution in [0.25, 0.3) is 0 Å². The summed E-state index contributed by atoms with van der Waals surface area (Å²) in [5.41, 5.74) is 11.2. The Labute approximate surface area is 279 Å². The normalized spacial score (nSPS) is 15.1. The van der Waals surface area contributed by atoms with Crippen LogP contribution in [0.1, 0.15) is 34.2 Å². The highest BCUT2D eigenvalue weighted by atomic mass is 19.4. The zero-order valence-electron chi connectivity index (χ0n) is 26.9. The van der Waals surface area contributed by atoms with Gasteiger partial charge in [-0.25, -0.2) is 4.79 Å². The molecule has 1 heterocycles. The lowest BCUT2D eigenvalue weighted by molar-refractivity contribution is -0.192. The number of rotatable bonds is 9. The molecule has 0 spiro atoms.